The average molecular weight is 555 g/mol. The summed E-state index contributed by atoms with van der Waals surface area (Å²) in [5.74, 6) is 0.211. The number of likely N-dealkylation sites (tertiary alicyclic amines) is 1. The van der Waals surface area contributed by atoms with Crippen molar-refractivity contribution < 1.29 is 9.53 Å². The molecule has 1 saturated heterocycles. The quantitative estimate of drug-likeness (QED) is 0.384. The van der Waals surface area contributed by atoms with E-state index in [1.807, 2.05) is 53.1 Å². The van der Waals surface area contributed by atoms with Gasteiger partial charge in [-0.2, -0.15) is 0 Å². The Labute approximate surface area is 240 Å². The summed E-state index contributed by atoms with van der Waals surface area (Å²) in [6, 6.07) is 12.9. The summed E-state index contributed by atoms with van der Waals surface area (Å²) in [4.78, 5) is 32.4. The summed E-state index contributed by atoms with van der Waals surface area (Å²) in [5, 5.41) is 4.15. The number of hydrogen-bond acceptors (Lipinski definition) is 6. The maximum absolute atomic E-state index is 13.1. The molecule has 41 heavy (non-hydrogen) atoms. The van der Waals surface area contributed by atoms with Gasteiger partial charge in [0.25, 0.3) is 0 Å². The van der Waals surface area contributed by atoms with E-state index in [4.69, 9.17) is 9.72 Å². The number of fused-ring (bicyclic) bond motifs is 2. The monoisotopic (exact) mass is 554 g/mol. The highest BCUT2D eigenvalue weighted by atomic mass is 16.6. The largest absolute Gasteiger partial charge is 0.444 e. The molecule has 9 nitrogen and oxygen atoms in total. The molecule has 4 heterocycles. The van der Waals surface area contributed by atoms with Gasteiger partial charge in [0.15, 0.2) is 0 Å². The van der Waals surface area contributed by atoms with Crippen LogP contribution in [0.15, 0.2) is 53.6 Å². The summed E-state index contributed by atoms with van der Waals surface area (Å²) in [6.45, 7) is 7.66. The lowest BCUT2D eigenvalue weighted by Crippen LogP contribution is -2.41. The first kappa shape index (κ1) is 27.1. The maximum atomic E-state index is 13.1. The number of rotatable bonds is 3. The van der Waals surface area contributed by atoms with Crippen LogP contribution >= 0.6 is 0 Å². The van der Waals surface area contributed by atoms with Crippen molar-refractivity contribution >= 4 is 33.5 Å². The summed E-state index contributed by atoms with van der Waals surface area (Å²) < 4.78 is 9.10. The first-order chi connectivity index (χ1) is 19.5. The number of ether oxygens (including phenoxy) is 1. The fraction of sp³-hybridized carbons (Fsp3) is 0.406. The number of hydrogen-bond donors (Lipinski definition) is 1. The van der Waals surface area contributed by atoms with Crippen LogP contribution in [0.5, 0.6) is 0 Å². The van der Waals surface area contributed by atoms with E-state index < -0.39 is 5.60 Å². The van der Waals surface area contributed by atoms with Crippen LogP contribution in [0.25, 0.3) is 38.5 Å². The minimum absolute atomic E-state index is 0.0442. The highest BCUT2D eigenvalue weighted by Crippen LogP contribution is 2.38. The zero-order valence-corrected chi connectivity index (χ0v) is 24.7. The van der Waals surface area contributed by atoms with E-state index in [9.17, 15) is 9.59 Å². The van der Waals surface area contributed by atoms with E-state index in [1.165, 1.54) is 0 Å². The molecule has 0 unspecified atom stereocenters. The van der Waals surface area contributed by atoms with Crippen LogP contribution in [0.1, 0.15) is 50.8 Å². The number of carbonyl (C=O) groups excluding carboxylic acids is 1. The van der Waals surface area contributed by atoms with E-state index in [0.29, 0.717) is 13.1 Å². The molecule has 1 fully saturated rings. The third kappa shape index (κ3) is 4.99. The second-order valence-corrected chi connectivity index (χ2v) is 12.3. The van der Waals surface area contributed by atoms with E-state index >= 15 is 0 Å². The summed E-state index contributed by atoms with van der Waals surface area (Å²) in [7, 11) is 5.66. The van der Waals surface area contributed by atoms with Gasteiger partial charge in [0.2, 0.25) is 0 Å². The Kier molecular flexibility index (Phi) is 6.65. The van der Waals surface area contributed by atoms with Crippen molar-refractivity contribution in [3.8, 4) is 11.1 Å². The second-order valence-electron chi connectivity index (χ2n) is 12.3. The molecule has 4 aromatic rings. The minimum Gasteiger partial charge on any atom is -0.444 e. The van der Waals surface area contributed by atoms with Gasteiger partial charge in [-0.3, -0.25) is 14.1 Å². The van der Waals surface area contributed by atoms with Crippen LogP contribution in [-0.4, -0.2) is 62.4 Å². The maximum Gasteiger partial charge on any atom is 0.410 e. The molecule has 1 amide bonds. The smallest absolute Gasteiger partial charge is 0.410 e. The molecular formula is C32H38N6O3. The predicted molar refractivity (Wildman–Crippen MR) is 162 cm³/mol. The summed E-state index contributed by atoms with van der Waals surface area (Å²) in [5.41, 5.74) is 9.99. The van der Waals surface area contributed by atoms with Gasteiger partial charge in [-0.15, -0.1) is 0 Å². The Hall–Kier alpha value is -4.11. The van der Waals surface area contributed by atoms with Gasteiger partial charge in [-0.05, 0) is 79.8 Å². The molecule has 0 spiro atoms. The highest BCUT2D eigenvalue weighted by Gasteiger charge is 2.30. The fourth-order valence-corrected chi connectivity index (χ4v) is 6.14. The number of carbonyl (C=O) groups is 1. The SMILES string of the molecule is CN1C=C(c2cc3cccc(-c4cc(C5CCN(C(=O)OC(C)(C)C)CC5)c5c(c4)n(C)c(=O)n5C)c3cn2)CN1. The number of pyridine rings is 1. The number of aromatic nitrogens is 3. The van der Waals surface area contributed by atoms with Crippen LogP contribution in [0.3, 0.4) is 0 Å². The molecule has 0 bridgehead atoms. The lowest BCUT2D eigenvalue weighted by molar-refractivity contribution is 0.0205. The normalized spacial score (nSPS) is 16.6. The van der Waals surface area contributed by atoms with E-state index in [0.717, 1.165) is 69.1 Å². The Morgan fingerprint density at radius 2 is 1.80 bits per heavy atom. The van der Waals surface area contributed by atoms with Crippen molar-refractivity contribution in [2.24, 2.45) is 14.1 Å². The lowest BCUT2D eigenvalue weighted by Gasteiger charge is -2.34. The predicted octanol–water partition coefficient (Wildman–Crippen LogP) is 5.00. The van der Waals surface area contributed by atoms with E-state index in [1.54, 1.807) is 14.0 Å². The van der Waals surface area contributed by atoms with Crippen LogP contribution in [0.2, 0.25) is 0 Å². The molecule has 2 aliphatic rings. The molecule has 6 rings (SSSR count). The summed E-state index contributed by atoms with van der Waals surface area (Å²) in [6.07, 6.45) is 5.38. The topological polar surface area (TPSA) is 84.6 Å². The molecule has 1 N–H and O–H groups in total. The highest BCUT2D eigenvalue weighted by molar-refractivity contribution is 5.99. The molecule has 2 aromatic heterocycles. The first-order valence-corrected chi connectivity index (χ1v) is 14.2. The number of nitrogens with one attached hydrogen (secondary N) is 1. The standard InChI is InChI=1S/C32H38N6O3/c1-32(2,3)41-31(40)38-12-10-20(11-13-38)25-14-22(16-28-29(25)37(6)30(39)36(28)5)24-9-7-8-21-15-27(33-18-26(21)24)23-17-34-35(4)19-23/h7-9,14-16,18-20,34H,10-13,17H2,1-6H3. The number of nitrogens with zero attached hydrogens (tertiary/aromatic N) is 5. The Morgan fingerprint density at radius 1 is 1.05 bits per heavy atom. The molecule has 2 aromatic carbocycles. The minimum atomic E-state index is -0.522. The fourth-order valence-electron chi connectivity index (χ4n) is 6.14. The first-order valence-electron chi connectivity index (χ1n) is 14.2. The van der Waals surface area contributed by atoms with E-state index in [2.05, 4.69) is 48.0 Å². The molecule has 0 atom stereocenters. The van der Waals surface area contributed by atoms with E-state index in [-0.39, 0.29) is 17.7 Å². The summed E-state index contributed by atoms with van der Waals surface area (Å²) >= 11 is 0. The van der Waals surface area contributed by atoms with Crippen LogP contribution < -0.4 is 11.1 Å². The molecule has 0 radical (unpaired) electrons. The van der Waals surface area contributed by atoms with Crippen molar-refractivity contribution in [1.82, 2.24) is 29.5 Å². The van der Waals surface area contributed by atoms with Crippen LogP contribution in [0.4, 0.5) is 4.79 Å². The zero-order chi connectivity index (χ0) is 29.1. The Bertz CT molecular complexity index is 1750. The Morgan fingerprint density at radius 3 is 2.49 bits per heavy atom. The van der Waals surface area contributed by atoms with Gasteiger partial charge in [-0.1, -0.05) is 18.2 Å². The average Bonchev–Trinajstić information content (AvgIpc) is 3.48. The third-order valence-electron chi connectivity index (χ3n) is 8.25. The van der Waals surface area contributed by atoms with Gasteiger partial charge >= 0.3 is 11.8 Å². The van der Waals surface area contributed by atoms with Gasteiger partial charge < -0.3 is 14.6 Å². The van der Waals surface area contributed by atoms with Crippen LogP contribution in [-0.2, 0) is 18.8 Å². The number of aryl methyl sites for hydroxylation is 2. The van der Waals surface area contributed by atoms with Gasteiger partial charge in [-0.25, -0.2) is 15.0 Å². The number of amides is 1. The van der Waals surface area contributed by atoms with Crippen molar-refractivity contribution in [1.29, 1.82) is 0 Å². The lowest BCUT2D eigenvalue weighted by atomic mass is 9.86. The molecule has 0 saturated carbocycles. The third-order valence-corrected chi connectivity index (χ3v) is 8.25. The van der Waals surface area contributed by atoms with Crippen molar-refractivity contribution in [2.75, 3.05) is 26.7 Å². The van der Waals surface area contributed by atoms with Crippen molar-refractivity contribution in [2.45, 2.75) is 45.1 Å². The van der Waals surface area contributed by atoms with Crippen molar-refractivity contribution in [3.05, 3.63) is 70.5 Å². The number of imidazole rings is 1. The number of benzene rings is 2. The molecule has 2 aliphatic heterocycles. The van der Waals surface area contributed by atoms with Gasteiger partial charge in [0.05, 0.1) is 16.7 Å². The molecule has 9 heteroatoms. The van der Waals surface area contributed by atoms with Gasteiger partial charge in [0.1, 0.15) is 5.60 Å². The second kappa shape index (κ2) is 10.1. The molecule has 214 valence electrons. The van der Waals surface area contributed by atoms with Crippen molar-refractivity contribution in [3.63, 3.8) is 0 Å². The van der Waals surface area contributed by atoms with Gasteiger partial charge in [0, 0.05) is 64.1 Å². The zero-order valence-electron chi connectivity index (χ0n) is 24.7. The number of hydrazine groups is 1. The van der Waals surface area contributed by atoms with Crippen LogP contribution in [0, 0.1) is 0 Å². The molecular weight excluding hydrogens is 516 g/mol. The number of piperidine rings is 1. The molecule has 0 aliphatic carbocycles. The Balaban J connectivity index is 1.40.